The molecule has 1 aromatic carbocycles. The second kappa shape index (κ2) is 4.18. The Morgan fingerprint density at radius 3 is 2.53 bits per heavy atom. The zero-order valence-electron chi connectivity index (χ0n) is 7.69. The van der Waals surface area contributed by atoms with E-state index in [1.54, 1.807) is 0 Å². The Kier molecular flexibility index (Phi) is 3.16. The van der Waals surface area contributed by atoms with Gasteiger partial charge in [0.1, 0.15) is 5.02 Å². The lowest BCUT2D eigenvalue weighted by molar-refractivity contribution is -0.385. The molecule has 0 bridgehead atoms. The van der Waals surface area contributed by atoms with E-state index in [4.69, 9.17) is 11.6 Å². The van der Waals surface area contributed by atoms with Crippen molar-refractivity contribution < 1.29 is 14.5 Å². The molecule has 0 heterocycles. The molecule has 1 rings (SSSR count). The van der Waals surface area contributed by atoms with E-state index in [1.165, 1.54) is 19.1 Å². The van der Waals surface area contributed by atoms with E-state index in [0.29, 0.717) is 6.29 Å². The average Bonchev–Trinajstić information content (AvgIpc) is 2.16. The minimum Gasteiger partial charge on any atom is -0.298 e. The van der Waals surface area contributed by atoms with Crippen LogP contribution in [0.25, 0.3) is 0 Å². The molecule has 6 heteroatoms. The van der Waals surface area contributed by atoms with E-state index in [2.05, 4.69) is 0 Å². The van der Waals surface area contributed by atoms with Gasteiger partial charge in [-0.3, -0.25) is 19.7 Å². The number of ketones is 1. The van der Waals surface area contributed by atoms with Gasteiger partial charge in [-0.05, 0) is 19.1 Å². The number of nitro benzene ring substituents is 1. The van der Waals surface area contributed by atoms with Crippen LogP contribution in [0.3, 0.4) is 0 Å². The molecule has 0 unspecified atom stereocenters. The Labute approximate surface area is 89.8 Å². The summed E-state index contributed by atoms with van der Waals surface area (Å²) in [7, 11) is 0. The van der Waals surface area contributed by atoms with Crippen LogP contribution in [-0.4, -0.2) is 17.0 Å². The minimum atomic E-state index is -0.772. The number of halogens is 1. The molecular formula is C9H6ClNO4. The number of nitro groups is 1. The zero-order valence-corrected chi connectivity index (χ0v) is 8.45. The fraction of sp³-hybridized carbons (Fsp3) is 0.111. The zero-order chi connectivity index (χ0) is 11.6. The summed E-state index contributed by atoms with van der Waals surface area (Å²) in [5, 5.41) is 10.4. The third kappa shape index (κ3) is 2.02. The molecule has 0 aliphatic heterocycles. The minimum absolute atomic E-state index is 0.00614. The maximum atomic E-state index is 11.1. The van der Waals surface area contributed by atoms with Crippen LogP contribution in [-0.2, 0) is 0 Å². The topological polar surface area (TPSA) is 77.3 Å². The molecule has 0 N–H and O–H groups in total. The Morgan fingerprint density at radius 2 is 2.13 bits per heavy atom. The molecule has 0 aromatic heterocycles. The Bertz CT molecular complexity index is 456. The van der Waals surface area contributed by atoms with Crippen LogP contribution in [0.15, 0.2) is 12.1 Å². The highest BCUT2D eigenvalue weighted by molar-refractivity contribution is 6.35. The lowest BCUT2D eigenvalue weighted by Crippen LogP contribution is -2.02. The molecule has 0 fully saturated rings. The van der Waals surface area contributed by atoms with Crippen molar-refractivity contribution in [1.82, 2.24) is 0 Å². The van der Waals surface area contributed by atoms with Gasteiger partial charge in [0.15, 0.2) is 12.1 Å². The van der Waals surface area contributed by atoms with Crippen molar-refractivity contribution in [3.05, 3.63) is 38.4 Å². The first-order valence-corrected chi connectivity index (χ1v) is 4.29. The van der Waals surface area contributed by atoms with Gasteiger partial charge in [-0.15, -0.1) is 0 Å². The summed E-state index contributed by atoms with van der Waals surface area (Å²) in [6.07, 6.45) is 0.402. The van der Waals surface area contributed by atoms with Gasteiger partial charge in [0.2, 0.25) is 0 Å². The third-order valence-corrected chi connectivity index (χ3v) is 2.23. The number of nitrogens with zero attached hydrogens (tertiary/aromatic N) is 1. The van der Waals surface area contributed by atoms with Gasteiger partial charge in [0, 0.05) is 5.56 Å². The Hall–Kier alpha value is -1.75. The van der Waals surface area contributed by atoms with E-state index in [9.17, 15) is 19.7 Å². The number of aldehydes is 1. The fourth-order valence-electron chi connectivity index (χ4n) is 1.13. The van der Waals surface area contributed by atoms with Gasteiger partial charge in [-0.2, -0.15) is 0 Å². The van der Waals surface area contributed by atoms with Crippen LogP contribution in [0.1, 0.15) is 27.6 Å². The van der Waals surface area contributed by atoms with Crippen LogP contribution in [0.5, 0.6) is 0 Å². The quantitative estimate of drug-likeness (QED) is 0.343. The summed E-state index contributed by atoms with van der Waals surface area (Å²) in [5.41, 5.74) is -0.627. The van der Waals surface area contributed by atoms with Crippen molar-refractivity contribution in [3.63, 3.8) is 0 Å². The second-order valence-electron chi connectivity index (χ2n) is 2.80. The number of Topliss-reactive ketones (excluding diaryl/α,β-unsaturated/α-hetero) is 1. The average molecular weight is 228 g/mol. The summed E-state index contributed by atoms with van der Waals surface area (Å²) < 4.78 is 0. The molecule has 15 heavy (non-hydrogen) atoms. The van der Waals surface area contributed by atoms with Crippen molar-refractivity contribution in [2.24, 2.45) is 0 Å². The lowest BCUT2D eigenvalue weighted by atomic mass is 10.1. The summed E-state index contributed by atoms with van der Waals surface area (Å²) in [6, 6.07) is 2.50. The van der Waals surface area contributed by atoms with Crippen LogP contribution in [0.4, 0.5) is 5.69 Å². The van der Waals surface area contributed by atoms with Crippen molar-refractivity contribution in [3.8, 4) is 0 Å². The number of carbonyl (C=O) groups excluding carboxylic acids is 2. The first-order valence-electron chi connectivity index (χ1n) is 3.92. The highest BCUT2D eigenvalue weighted by Gasteiger charge is 2.23. The number of hydrogen-bond acceptors (Lipinski definition) is 4. The largest absolute Gasteiger partial charge is 0.299 e. The molecule has 0 saturated heterocycles. The van der Waals surface area contributed by atoms with Crippen LogP contribution in [0.2, 0.25) is 5.02 Å². The van der Waals surface area contributed by atoms with E-state index >= 15 is 0 Å². The summed E-state index contributed by atoms with van der Waals surface area (Å²) in [6.45, 7) is 1.19. The molecule has 1 aromatic rings. The van der Waals surface area contributed by atoms with Gasteiger partial charge in [-0.25, -0.2) is 0 Å². The first-order chi connectivity index (χ1) is 6.99. The fourth-order valence-corrected chi connectivity index (χ4v) is 1.41. The second-order valence-corrected chi connectivity index (χ2v) is 3.17. The maximum Gasteiger partial charge on any atom is 0.299 e. The lowest BCUT2D eigenvalue weighted by Gasteiger charge is -2.02. The summed E-state index contributed by atoms with van der Waals surface area (Å²) in [4.78, 5) is 31.5. The van der Waals surface area contributed by atoms with E-state index in [-0.39, 0.29) is 16.1 Å². The predicted octanol–water partition coefficient (Wildman–Crippen LogP) is 2.26. The maximum absolute atomic E-state index is 11.1. The highest BCUT2D eigenvalue weighted by atomic mass is 35.5. The predicted molar refractivity (Wildman–Crippen MR) is 53.5 cm³/mol. The Balaban J connectivity index is 3.58. The molecule has 0 radical (unpaired) electrons. The number of rotatable bonds is 3. The van der Waals surface area contributed by atoms with Gasteiger partial charge < -0.3 is 0 Å². The van der Waals surface area contributed by atoms with Crippen molar-refractivity contribution >= 4 is 29.4 Å². The number of carbonyl (C=O) groups is 2. The van der Waals surface area contributed by atoms with Crippen LogP contribution >= 0.6 is 11.6 Å². The first kappa shape index (κ1) is 11.3. The molecule has 0 atom stereocenters. The molecular weight excluding hydrogens is 222 g/mol. The summed E-state index contributed by atoms with van der Waals surface area (Å²) in [5.74, 6) is -0.471. The van der Waals surface area contributed by atoms with Gasteiger partial charge >= 0.3 is 0 Å². The van der Waals surface area contributed by atoms with Crippen molar-refractivity contribution in [1.29, 1.82) is 0 Å². The van der Waals surface area contributed by atoms with Crippen LogP contribution < -0.4 is 0 Å². The molecule has 78 valence electrons. The van der Waals surface area contributed by atoms with Gasteiger partial charge in [0.05, 0.1) is 10.5 Å². The third-order valence-electron chi connectivity index (χ3n) is 1.83. The van der Waals surface area contributed by atoms with E-state index < -0.39 is 16.4 Å². The van der Waals surface area contributed by atoms with Crippen molar-refractivity contribution in [2.75, 3.05) is 0 Å². The molecule has 0 aliphatic carbocycles. The molecule has 5 nitrogen and oxygen atoms in total. The van der Waals surface area contributed by atoms with Crippen LogP contribution in [0, 0.1) is 10.1 Å². The normalized spacial score (nSPS) is 9.73. The Morgan fingerprint density at radius 1 is 1.53 bits per heavy atom. The highest BCUT2D eigenvalue weighted by Crippen LogP contribution is 2.31. The molecule has 0 saturated carbocycles. The smallest absolute Gasteiger partial charge is 0.298 e. The molecule has 0 spiro atoms. The van der Waals surface area contributed by atoms with E-state index in [0.717, 1.165) is 0 Å². The number of hydrogen-bond donors (Lipinski definition) is 0. The van der Waals surface area contributed by atoms with Crippen molar-refractivity contribution in [2.45, 2.75) is 6.92 Å². The SMILES string of the molecule is CC(=O)c1ccc(C=O)c(Cl)c1[N+](=O)[O-]. The van der Waals surface area contributed by atoms with Gasteiger partial charge in [0.25, 0.3) is 5.69 Å². The summed E-state index contributed by atoms with van der Waals surface area (Å²) >= 11 is 5.63. The molecule has 0 amide bonds. The standard InChI is InChI=1S/C9H6ClNO4/c1-5(13)7-3-2-6(4-12)8(10)9(7)11(14)15/h2-4H,1H3. The van der Waals surface area contributed by atoms with Gasteiger partial charge in [-0.1, -0.05) is 11.6 Å². The van der Waals surface area contributed by atoms with E-state index in [1.807, 2.05) is 0 Å². The number of benzene rings is 1. The monoisotopic (exact) mass is 227 g/mol. The molecule has 0 aliphatic rings.